The SMILES string of the molecule is C=CC(=O)OC12CC3CC4CC(C(=O)NS(=O)(=O)C(F)(F)F)(CC3C41)C2. The summed E-state index contributed by atoms with van der Waals surface area (Å²) in [5.41, 5.74) is -7.71. The van der Waals surface area contributed by atoms with Gasteiger partial charge in [-0.25, -0.2) is 9.52 Å². The lowest BCUT2D eigenvalue weighted by atomic mass is 9.51. The molecule has 0 spiro atoms. The monoisotopic (exact) mass is 393 g/mol. The van der Waals surface area contributed by atoms with E-state index in [1.807, 2.05) is 0 Å². The molecule has 0 aromatic heterocycles. The maximum atomic E-state index is 12.7. The average molecular weight is 393 g/mol. The molecular formula is C16H18F3NO5S. The van der Waals surface area contributed by atoms with Gasteiger partial charge in [-0.3, -0.25) is 4.79 Å². The van der Waals surface area contributed by atoms with Crippen molar-refractivity contribution < 1.29 is 35.9 Å². The van der Waals surface area contributed by atoms with Crippen LogP contribution in [0.3, 0.4) is 0 Å². The summed E-state index contributed by atoms with van der Waals surface area (Å²) in [6, 6.07) is 0. The van der Waals surface area contributed by atoms with Crippen molar-refractivity contribution in [2.75, 3.05) is 0 Å². The second kappa shape index (κ2) is 5.02. The standard InChI is InChI=1S/C16H18F3NO5S/c1-2-11(21)25-15-5-8-3-9-4-14(7-15,6-10(8)12(9)15)13(22)20-26(23,24)16(17,18)19/h2,8-10,12H,1,3-7H2,(H,20,22). The number of rotatable bonds is 4. The number of hydrogen-bond donors (Lipinski definition) is 1. The maximum Gasteiger partial charge on any atom is 0.516 e. The third-order valence-electron chi connectivity index (χ3n) is 6.80. The molecule has 0 aromatic rings. The van der Waals surface area contributed by atoms with Gasteiger partial charge in [0.05, 0.1) is 5.41 Å². The third kappa shape index (κ3) is 2.20. The van der Waals surface area contributed by atoms with E-state index in [1.54, 1.807) is 0 Å². The van der Waals surface area contributed by atoms with Gasteiger partial charge >= 0.3 is 21.5 Å². The lowest BCUT2D eigenvalue weighted by molar-refractivity contribution is -0.195. The molecule has 5 aliphatic carbocycles. The molecule has 0 aliphatic heterocycles. The number of ether oxygens (including phenoxy) is 1. The van der Waals surface area contributed by atoms with E-state index in [-0.39, 0.29) is 30.1 Å². The minimum atomic E-state index is -5.77. The number of sulfonamides is 1. The molecule has 10 heteroatoms. The Balaban J connectivity index is 1.66. The van der Waals surface area contributed by atoms with E-state index in [9.17, 15) is 31.2 Å². The Bertz CT molecular complexity index is 809. The van der Waals surface area contributed by atoms with Gasteiger partial charge in [-0.15, -0.1) is 0 Å². The van der Waals surface area contributed by atoms with Crippen molar-refractivity contribution in [3.05, 3.63) is 12.7 Å². The van der Waals surface area contributed by atoms with Crippen LogP contribution in [0.5, 0.6) is 0 Å². The fourth-order valence-electron chi connectivity index (χ4n) is 6.38. The van der Waals surface area contributed by atoms with Crippen LogP contribution in [0.25, 0.3) is 0 Å². The number of nitrogens with one attached hydrogen (secondary N) is 1. The molecule has 0 aromatic carbocycles. The Morgan fingerprint density at radius 1 is 1.19 bits per heavy atom. The number of carbonyl (C=O) groups is 2. The quantitative estimate of drug-likeness (QED) is 0.582. The molecule has 6 nitrogen and oxygen atoms in total. The second-order valence-electron chi connectivity index (χ2n) is 8.09. The number of amides is 1. The van der Waals surface area contributed by atoms with E-state index in [0.717, 1.165) is 12.5 Å². The lowest BCUT2D eigenvalue weighted by Gasteiger charge is -2.56. The van der Waals surface area contributed by atoms with E-state index >= 15 is 0 Å². The minimum Gasteiger partial charge on any atom is -0.456 e. The van der Waals surface area contributed by atoms with E-state index in [2.05, 4.69) is 6.58 Å². The maximum absolute atomic E-state index is 12.7. The predicted octanol–water partition coefficient (Wildman–Crippen LogP) is 1.88. The predicted molar refractivity (Wildman–Crippen MR) is 81.6 cm³/mol. The van der Waals surface area contributed by atoms with Gasteiger partial charge < -0.3 is 4.74 Å². The zero-order chi connectivity index (χ0) is 19.1. The van der Waals surface area contributed by atoms with Crippen LogP contribution >= 0.6 is 0 Å². The number of halogens is 3. The second-order valence-corrected chi connectivity index (χ2v) is 9.76. The van der Waals surface area contributed by atoms with Crippen molar-refractivity contribution in [1.82, 2.24) is 4.72 Å². The van der Waals surface area contributed by atoms with Gasteiger partial charge in [-0.05, 0) is 43.4 Å². The molecule has 1 N–H and O–H groups in total. The third-order valence-corrected chi connectivity index (χ3v) is 7.86. The van der Waals surface area contributed by atoms with Crippen molar-refractivity contribution in [2.24, 2.45) is 29.1 Å². The van der Waals surface area contributed by atoms with Gasteiger partial charge in [0.15, 0.2) is 0 Å². The van der Waals surface area contributed by atoms with Crippen LogP contribution in [0.4, 0.5) is 13.2 Å². The fourth-order valence-corrected chi connectivity index (χ4v) is 6.95. The van der Waals surface area contributed by atoms with Crippen LogP contribution in [0, 0.1) is 29.1 Å². The van der Waals surface area contributed by atoms with Crippen LogP contribution in [0.15, 0.2) is 12.7 Å². The van der Waals surface area contributed by atoms with E-state index in [4.69, 9.17) is 4.74 Å². The van der Waals surface area contributed by atoms with Crippen LogP contribution in [0.1, 0.15) is 32.1 Å². The summed E-state index contributed by atoms with van der Waals surface area (Å²) >= 11 is 0. The molecule has 6 unspecified atom stereocenters. The highest BCUT2D eigenvalue weighted by Gasteiger charge is 2.75. The van der Waals surface area contributed by atoms with E-state index in [0.29, 0.717) is 19.3 Å². The highest BCUT2D eigenvalue weighted by atomic mass is 32.2. The highest BCUT2D eigenvalue weighted by molar-refractivity contribution is 7.90. The zero-order valence-corrected chi connectivity index (χ0v) is 14.5. The normalized spacial score (nSPS) is 42.7. The van der Waals surface area contributed by atoms with Crippen molar-refractivity contribution in [3.8, 4) is 0 Å². The molecule has 6 bridgehead atoms. The number of esters is 1. The first-order valence-electron chi connectivity index (χ1n) is 8.42. The molecular weight excluding hydrogens is 375 g/mol. The molecule has 6 atom stereocenters. The van der Waals surface area contributed by atoms with Crippen LogP contribution in [-0.2, 0) is 24.3 Å². The first kappa shape index (κ1) is 17.8. The number of alkyl halides is 3. The Morgan fingerprint density at radius 2 is 1.88 bits per heavy atom. The first-order chi connectivity index (χ1) is 11.9. The van der Waals surface area contributed by atoms with Crippen molar-refractivity contribution in [3.63, 3.8) is 0 Å². The van der Waals surface area contributed by atoms with Gasteiger partial charge in [0.25, 0.3) is 0 Å². The summed E-state index contributed by atoms with van der Waals surface area (Å²) < 4.78 is 67.6. The molecule has 1 amide bonds. The Morgan fingerprint density at radius 3 is 2.46 bits per heavy atom. The fraction of sp³-hybridized carbons (Fsp3) is 0.750. The topological polar surface area (TPSA) is 89.5 Å². The average Bonchev–Trinajstić information content (AvgIpc) is 2.88. The Hall–Kier alpha value is -1.58. The Kier molecular flexibility index (Phi) is 3.44. The number of hydrogen-bond acceptors (Lipinski definition) is 5. The molecule has 5 rings (SSSR count). The van der Waals surface area contributed by atoms with E-state index in [1.165, 1.54) is 4.72 Å². The molecule has 0 heterocycles. The largest absolute Gasteiger partial charge is 0.516 e. The summed E-state index contributed by atoms with van der Waals surface area (Å²) in [7, 11) is -5.77. The molecule has 0 saturated heterocycles. The molecule has 0 radical (unpaired) electrons. The summed E-state index contributed by atoms with van der Waals surface area (Å²) in [6.45, 7) is 3.37. The molecule has 5 fully saturated rings. The summed E-state index contributed by atoms with van der Waals surface area (Å²) in [4.78, 5) is 24.5. The molecule has 5 aliphatic rings. The highest BCUT2D eigenvalue weighted by Crippen LogP contribution is 2.74. The van der Waals surface area contributed by atoms with Crippen LogP contribution < -0.4 is 4.72 Å². The Labute approximate surface area is 148 Å². The van der Waals surface area contributed by atoms with Gasteiger partial charge in [0, 0.05) is 18.4 Å². The number of carbonyl (C=O) groups excluding carboxylic acids is 2. The smallest absolute Gasteiger partial charge is 0.456 e. The summed E-state index contributed by atoms with van der Waals surface area (Å²) in [6.07, 6.45) is 3.16. The molecule has 144 valence electrons. The lowest BCUT2D eigenvalue weighted by Crippen LogP contribution is -2.62. The molecule has 26 heavy (non-hydrogen) atoms. The van der Waals surface area contributed by atoms with Crippen LogP contribution in [0.2, 0.25) is 0 Å². The molecule has 5 saturated carbocycles. The van der Waals surface area contributed by atoms with Gasteiger partial charge in [0.2, 0.25) is 5.91 Å². The van der Waals surface area contributed by atoms with Gasteiger partial charge in [-0.2, -0.15) is 21.6 Å². The van der Waals surface area contributed by atoms with Gasteiger partial charge in [-0.1, -0.05) is 6.58 Å². The summed E-state index contributed by atoms with van der Waals surface area (Å²) in [5, 5.41) is 0. The van der Waals surface area contributed by atoms with E-state index < -0.39 is 38.4 Å². The van der Waals surface area contributed by atoms with Crippen molar-refractivity contribution >= 4 is 21.9 Å². The summed E-state index contributed by atoms with van der Waals surface area (Å²) in [5.74, 6) is -1.30. The zero-order valence-electron chi connectivity index (χ0n) is 13.7. The minimum absolute atomic E-state index is 0.0539. The first-order valence-corrected chi connectivity index (χ1v) is 9.90. The van der Waals surface area contributed by atoms with Gasteiger partial charge in [0.1, 0.15) is 5.60 Å². The van der Waals surface area contributed by atoms with Crippen LogP contribution in [-0.4, -0.2) is 31.4 Å². The van der Waals surface area contributed by atoms with Crippen molar-refractivity contribution in [1.29, 1.82) is 0 Å². The van der Waals surface area contributed by atoms with Crippen molar-refractivity contribution in [2.45, 2.75) is 43.2 Å².